The Hall–Kier alpha value is -3.22. The first-order valence-electron chi connectivity index (χ1n) is 10.9. The van der Waals surface area contributed by atoms with Gasteiger partial charge in [0.2, 0.25) is 0 Å². The summed E-state index contributed by atoms with van der Waals surface area (Å²) in [6.07, 6.45) is 1.97. The molecule has 1 saturated heterocycles. The molecule has 1 aliphatic heterocycles. The molecule has 0 bridgehead atoms. The molecule has 1 fully saturated rings. The molecule has 7 heteroatoms. The van der Waals surface area contributed by atoms with Gasteiger partial charge in [-0.1, -0.05) is 53.7 Å². The maximum absolute atomic E-state index is 13.4. The number of fused-ring (bicyclic) bond motifs is 1. The minimum absolute atomic E-state index is 0.108. The van der Waals surface area contributed by atoms with E-state index in [9.17, 15) is 9.18 Å². The van der Waals surface area contributed by atoms with Gasteiger partial charge in [0, 0.05) is 39.4 Å². The van der Waals surface area contributed by atoms with Crippen molar-refractivity contribution in [3.05, 3.63) is 105 Å². The molecule has 34 heavy (non-hydrogen) atoms. The van der Waals surface area contributed by atoms with Gasteiger partial charge in [0.25, 0.3) is 5.91 Å². The van der Waals surface area contributed by atoms with E-state index in [2.05, 4.69) is 34.3 Å². The Labute approximate surface area is 206 Å². The van der Waals surface area contributed by atoms with E-state index >= 15 is 0 Å². The molecule has 4 aromatic rings. The molecule has 3 aromatic carbocycles. The quantitative estimate of drug-likeness (QED) is 0.305. The Kier molecular flexibility index (Phi) is 6.11. The first-order valence-corrected chi connectivity index (χ1v) is 12.2. The molecule has 1 aromatic heterocycles. The van der Waals surface area contributed by atoms with Crippen LogP contribution < -0.4 is 10.6 Å². The molecule has 0 aliphatic carbocycles. The summed E-state index contributed by atoms with van der Waals surface area (Å²) in [5.74, 6) is -0.353. The first kappa shape index (κ1) is 22.6. The average Bonchev–Trinajstić information content (AvgIpc) is 3.29. The number of hydrogen-bond donors (Lipinski definition) is 2. The molecule has 1 aliphatic rings. The summed E-state index contributed by atoms with van der Waals surface area (Å²) in [7, 11) is 0. The van der Waals surface area contributed by atoms with Crippen molar-refractivity contribution in [2.75, 3.05) is 5.32 Å². The van der Waals surface area contributed by atoms with Gasteiger partial charge in [-0.2, -0.15) is 0 Å². The van der Waals surface area contributed by atoms with Crippen LogP contribution in [-0.2, 0) is 11.3 Å². The van der Waals surface area contributed by atoms with Gasteiger partial charge < -0.3 is 15.2 Å². The van der Waals surface area contributed by atoms with Crippen LogP contribution in [-0.4, -0.2) is 16.0 Å². The van der Waals surface area contributed by atoms with E-state index in [4.69, 9.17) is 11.6 Å². The fraction of sp³-hybridized carbons (Fsp3) is 0.148. The summed E-state index contributed by atoms with van der Waals surface area (Å²) in [4.78, 5) is 13.4. The number of rotatable bonds is 5. The molecule has 4 nitrogen and oxygen atoms in total. The van der Waals surface area contributed by atoms with Crippen LogP contribution in [0.3, 0.4) is 0 Å². The van der Waals surface area contributed by atoms with Gasteiger partial charge in [0.1, 0.15) is 5.82 Å². The van der Waals surface area contributed by atoms with Crippen molar-refractivity contribution in [1.29, 1.82) is 0 Å². The lowest BCUT2D eigenvalue weighted by Gasteiger charge is -2.15. The number of para-hydroxylation sites is 1. The number of nitrogens with one attached hydrogen (secondary N) is 2. The van der Waals surface area contributed by atoms with Gasteiger partial charge in [-0.25, -0.2) is 4.39 Å². The molecule has 0 radical (unpaired) electrons. The number of carbonyl (C=O) groups excluding carboxylic acids is 1. The van der Waals surface area contributed by atoms with Gasteiger partial charge in [-0.3, -0.25) is 4.79 Å². The summed E-state index contributed by atoms with van der Waals surface area (Å²) < 4.78 is 15.6. The molecule has 2 N–H and O–H groups in total. The number of thioether (sulfide) groups is 1. The SMILES string of the molecule is Cc1cc(Cl)ccc1NC1NC(=O)/C(=C/c2c(C)n(Cc3ccc(F)cc3)c3ccccc23)S1. The lowest BCUT2D eigenvalue weighted by atomic mass is 10.1. The Morgan fingerprint density at radius 2 is 1.88 bits per heavy atom. The lowest BCUT2D eigenvalue weighted by molar-refractivity contribution is -0.116. The molecular weight excluding hydrogens is 469 g/mol. The van der Waals surface area contributed by atoms with E-state index in [1.165, 1.54) is 23.9 Å². The third-order valence-corrected chi connectivity index (χ3v) is 7.28. The van der Waals surface area contributed by atoms with Crippen molar-refractivity contribution in [3.8, 4) is 0 Å². The van der Waals surface area contributed by atoms with Crippen LogP contribution in [0.5, 0.6) is 0 Å². The summed E-state index contributed by atoms with van der Waals surface area (Å²) in [6.45, 7) is 4.65. The predicted molar refractivity (Wildman–Crippen MR) is 139 cm³/mol. The summed E-state index contributed by atoms with van der Waals surface area (Å²) in [5, 5.41) is 8.13. The lowest BCUT2D eigenvalue weighted by Crippen LogP contribution is -2.31. The second-order valence-corrected chi connectivity index (χ2v) is 9.90. The number of aryl methyl sites for hydroxylation is 1. The molecular formula is C27H23ClFN3OS. The topological polar surface area (TPSA) is 46.1 Å². The van der Waals surface area contributed by atoms with Crippen LogP contribution in [0.15, 0.2) is 71.6 Å². The van der Waals surface area contributed by atoms with Crippen LogP contribution in [0, 0.1) is 19.7 Å². The molecule has 2 heterocycles. The third-order valence-electron chi connectivity index (χ3n) is 6.01. The Morgan fingerprint density at radius 1 is 1.12 bits per heavy atom. The zero-order chi connectivity index (χ0) is 23.8. The Bertz CT molecular complexity index is 1430. The summed E-state index contributed by atoms with van der Waals surface area (Å²) in [5.41, 5.74) is 5.82. The number of benzene rings is 3. The molecule has 172 valence electrons. The zero-order valence-corrected chi connectivity index (χ0v) is 20.3. The highest BCUT2D eigenvalue weighted by atomic mass is 35.5. The Morgan fingerprint density at radius 3 is 2.65 bits per heavy atom. The standard InChI is InChI=1S/C27H23ClFN3OS/c1-16-13-19(28)9-12-23(16)30-27-31-26(33)25(34-27)14-22-17(2)32(24-6-4-3-5-21(22)24)15-18-7-10-20(29)11-8-18/h3-14,27,30H,15H2,1-2H3,(H,31,33)/b25-14-. The van der Waals surface area contributed by atoms with Crippen LogP contribution in [0.25, 0.3) is 17.0 Å². The summed E-state index contributed by atoms with van der Waals surface area (Å²) >= 11 is 7.52. The van der Waals surface area contributed by atoms with Crippen LogP contribution >= 0.6 is 23.4 Å². The number of nitrogens with zero attached hydrogens (tertiary/aromatic N) is 1. The summed E-state index contributed by atoms with van der Waals surface area (Å²) in [6, 6.07) is 20.3. The smallest absolute Gasteiger partial charge is 0.260 e. The van der Waals surface area contributed by atoms with Gasteiger partial charge in [0.15, 0.2) is 5.50 Å². The van der Waals surface area contributed by atoms with Crippen LogP contribution in [0.2, 0.25) is 5.02 Å². The third kappa shape index (κ3) is 4.43. The van der Waals surface area contributed by atoms with E-state index in [0.29, 0.717) is 16.5 Å². The fourth-order valence-corrected chi connectivity index (χ4v) is 5.43. The average molecular weight is 492 g/mol. The van der Waals surface area contributed by atoms with Gasteiger partial charge in [-0.15, -0.1) is 0 Å². The van der Waals surface area contributed by atoms with Gasteiger partial charge in [-0.05, 0) is 67.4 Å². The van der Waals surface area contributed by atoms with E-state index in [1.807, 2.05) is 43.3 Å². The number of hydrogen-bond acceptors (Lipinski definition) is 3. The van der Waals surface area contributed by atoms with Crippen molar-refractivity contribution < 1.29 is 9.18 Å². The molecule has 1 amide bonds. The largest absolute Gasteiger partial charge is 0.356 e. The van der Waals surface area contributed by atoms with Crippen molar-refractivity contribution in [1.82, 2.24) is 9.88 Å². The number of amides is 1. The zero-order valence-electron chi connectivity index (χ0n) is 18.7. The number of aromatic nitrogens is 1. The van der Waals surface area contributed by atoms with Crippen molar-refractivity contribution in [3.63, 3.8) is 0 Å². The maximum atomic E-state index is 13.4. The van der Waals surface area contributed by atoms with Crippen molar-refractivity contribution >= 4 is 51.9 Å². The monoisotopic (exact) mass is 491 g/mol. The second-order valence-electron chi connectivity index (χ2n) is 8.31. The highest BCUT2D eigenvalue weighted by Gasteiger charge is 2.28. The van der Waals surface area contributed by atoms with Crippen LogP contribution in [0.1, 0.15) is 22.4 Å². The van der Waals surface area contributed by atoms with E-state index < -0.39 is 0 Å². The van der Waals surface area contributed by atoms with Crippen molar-refractivity contribution in [2.45, 2.75) is 25.9 Å². The minimum Gasteiger partial charge on any atom is -0.356 e. The van der Waals surface area contributed by atoms with Gasteiger partial charge in [0.05, 0.1) is 4.91 Å². The fourth-order valence-electron chi connectivity index (χ4n) is 4.24. The number of carbonyl (C=O) groups is 1. The van der Waals surface area contributed by atoms with E-state index in [0.717, 1.165) is 39.0 Å². The molecule has 1 atom stereocenters. The highest BCUT2D eigenvalue weighted by molar-refractivity contribution is 8.05. The minimum atomic E-state index is -0.272. The molecule has 0 saturated carbocycles. The first-order chi connectivity index (χ1) is 16.4. The Balaban J connectivity index is 1.46. The molecule has 1 unspecified atom stereocenters. The van der Waals surface area contributed by atoms with E-state index in [-0.39, 0.29) is 17.2 Å². The predicted octanol–water partition coefficient (Wildman–Crippen LogP) is 6.70. The molecule has 5 rings (SSSR count). The van der Waals surface area contributed by atoms with E-state index in [1.54, 1.807) is 12.1 Å². The number of anilines is 1. The second kappa shape index (κ2) is 9.20. The van der Waals surface area contributed by atoms with Crippen LogP contribution in [0.4, 0.5) is 10.1 Å². The normalized spacial score (nSPS) is 16.9. The highest BCUT2D eigenvalue weighted by Crippen LogP contribution is 2.35. The molecule has 0 spiro atoms. The van der Waals surface area contributed by atoms with Crippen molar-refractivity contribution in [2.24, 2.45) is 0 Å². The van der Waals surface area contributed by atoms with Gasteiger partial charge >= 0.3 is 0 Å². The maximum Gasteiger partial charge on any atom is 0.260 e. The number of halogens is 2.